The third kappa shape index (κ3) is 2.86. The lowest BCUT2D eigenvalue weighted by atomic mass is 10.1. The minimum Gasteiger partial charge on any atom is -0.244 e. The number of para-hydroxylation sites is 2. The summed E-state index contributed by atoms with van der Waals surface area (Å²) in [6.45, 7) is 4.16. The molecule has 148 valence electrons. The summed E-state index contributed by atoms with van der Waals surface area (Å²) in [5, 5.41) is 9.12. The fraction of sp³-hybridized carbons (Fsp3) is 0.0769. The van der Waals surface area contributed by atoms with Crippen molar-refractivity contribution < 1.29 is 0 Å². The van der Waals surface area contributed by atoms with Gasteiger partial charge in [-0.25, -0.2) is 14.5 Å². The van der Waals surface area contributed by atoms with Gasteiger partial charge >= 0.3 is 0 Å². The van der Waals surface area contributed by atoms with Crippen LogP contribution in [0.4, 0.5) is 0 Å². The maximum atomic E-state index is 4.97. The number of nitrogens with zero attached hydrogens (tertiary/aromatic N) is 5. The summed E-state index contributed by atoms with van der Waals surface area (Å²) in [5.41, 5.74) is 10.5. The molecule has 3 aromatic carbocycles. The largest absolute Gasteiger partial charge is 0.244 e. The van der Waals surface area contributed by atoms with Crippen LogP contribution in [0.2, 0.25) is 0 Å². The number of fused-ring (bicyclic) bond motifs is 4. The molecule has 0 aliphatic carbocycles. The highest BCUT2D eigenvalue weighted by Gasteiger charge is 2.18. The zero-order chi connectivity index (χ0) is 20.9. The zero-order valence-corrected chi connectivity index (χ0v) is 17.2. The van der Waals surface area contributed by atoms with Gasteiger partial charge in [0.2, 0.25) is 0 Å². The molecule has 0 N–H and O–H groups in total. The third-order valence-corrected chi connectivity index (χ3v) is 5.67. The number of pyridine rings is 1. The molecule has 0 aliphatic heterocycles. The number of benzene rings is 3. The molecule has 0 aliphatic rings. The summed E-state index contributed by atoms with van der Waals surface area (Å²) < 4.78 is 1.89. The predicted molar refractivity (Wildman–Crippen MR) is 124 cm³/mol. The molecule has 0 spiro atoms. The van der Waals surface area contributed by atoms with Crippen LogP contribution < -0.4 is 0 Å². The molecule has 0 radical (unpaired) electrons. The van der Waals surface area contributed by atoms with Crippen molar-refractivity contribution >= 4 is 27.6 Å². The molecule has 0 bridgehead atoms. The summed E-state index contributed by atoms with van der Waals surface area (Å²) in [7, 11) is 0. The maximum absolute atomic E-state index is 4.97. The molecule has 0 unspecified atom stereocenters. The monoisotopic (exact) mass is 401 g/mol. The van der Waals surface area contributed by atoms with Crippen LogP contribution in [0.3, 0.4) is 0 Å². The Morgan fingerprint density at radius 3 is 1.94 bits per heavy atom. The fourth-order valence-corrected chi connectivity index (χ4v) is 3.98. The molecule has 3 aromatic heterocycles. The lowest BCUT2D eigenvalue weighted by Gasteiger charge is -2.10. The van der Waals surface area contributed by atoms with Gasteiger partial charge in [-0.15, -0.1) is 5.10 Å². The van der Waals surface area contributed by atoms with Gasteiger partial charge in [0.05, 0.1) is 22.2 Å². The highest BCUT2D eigenvalue weighted by atomic mass is 15.4. The molecule has 31 heavy (non-hydrogen) atoms. The fourth-order valence-electron chi connectivity index (χ4n) is 3.98. The quantitative estimate of drug-likeness (QED) is 0.345. The summed E-state index contributed by atoms with van der Waals surface area (Å²) in [6, 6.07) is 26.8. The number of rotatable bonds is 2. The van der Waals surface area contributed by atoms with Crippen LogP contribution in [-0.4, -0.2) is 24.8 Å². The summed E-state index contributed by atoms with van der Waals surface area (Å²) in [4.78, 5) is 9.90. The molecule has 0 saturated heterocycles. The van der Waals surface area contributed by atoms with Crippen molar-refractivity contribution in [1.29, 1.82) is 0 Å². The van der Waals surface area contributed by atoms with Gasteiger partial charge in [-0.05, 0) is 32.0 Å². The Balaban J connectivity index is 1.75. The van der Waals surface area contributed by atoms with Gasteiger partial charge in [0.15, 0.2) is 0 Å². The van der Waals surface area contributed by atoms with E-state index in [1.165, 1.54) is 11.1 Å². The van der Waals surface area contributed by atoms with Crippen LogP contribution >= 0.6 is 0 Å². The lowest BCUT2D eigenvalue weighted by Crippen LogP contribution is -1.98. The zero-order valence-electron chi connectivity index (χ0n) is 17.2. The van der Waals surface area contributed by atoms with Gasteiger partial charge in [0.25, 0.3) is 0 Å². The third-order valence-electron chi connectivity index (χ3n) is 5.67. The van der Waals surface area contributed by atoms with Crippen LogP contribution in [0.25, 0.3) is 50.1 Å². The van der Waals surface area contributed by atoms with Crippen molar-refractivity contribution in [1.82, 2.24) is 24.8 Å². The van der Waals surface area contributed by atoms with E-state index in [9.17, 15) is 0 Å². The minimum absolute atomic E-state index is 0.801. The average Bonchev–Trinajstić information content (AvgIpc) is 3.24. The molecule has 3 heterocycles. The van der Waals surface area contributed by atoms with E-state index in [0.29, 0.717) is 0 Å². The Morgan fingerprint density at radius 2 is 1.26 bits per heavy atom. The molecular formula is C26H19N5. The number of hydrogen-bond donors (Lipinski definition) is 0. The Hall–Kier alpha value is -4.12. The lowest BCUT2D eigenvalue weighted by molar-refractivity contribution is 0.865. The van der Waals surface area contributed by atoms with Crippen molar-refractivity contribution in [2.24, 2.45) is 0 Å². The summed E-state index contributed by atoms with van der Waals surface area (Å²) in [5.74, 6) is 0. The van der Waals surface area contributed by atoms with Crippen LogP contribution in [0, 0.1) is 13.8 Å². The first kappa shape index (κ1) is 17.7. The van der Waals surface area contributed by atoms with Crippen LogP contribution in [-0.2, 0) is 0 Å². The second-order valence-electron chi connectivity index (χ2n) is 7.91. The van der Waals surface area contributed by atoms with E-state index in [4.69, 9.17) is 9.97 Å². The van der Waals surface area contributed by atoms with Gasteiger partial charge in [-0.1, -0.05) is 77.0 Å². The Labute approximate surface area is 179 Å². The topological polar surface area (TPSA) is 56.0 Å². The molecule has 5 nitrogen and oxygen atoms in total. The highest BCUT2D eigenvalue weighted by Crippen LogP contribution is 2.33. The Morgan fingerprint density at radius 1 is 0.645 bits per heavy atom. The van der Waals surface area contributed by atoms with Crippen molar-refractivity contribution in [3.8, 4) is 22.5 Å². The molecular weight excluding hydrogens is 382 g/mol. The van der Waals surface area contributed by atoms with E-state index in [1.54, 1.807) is 0 Å². The van der Waals surface area contributed by atoms with Gasteiger partial charge in [-0.2, -0.15) is 0 Å². The number of hydrogen-bond acceptors (Lipinski definition) is 4. The van der Waals surface area contributed by atoms with E-state index in [0.717, 1.165) is 50.1 Å². The van der Waals surface area contributed by atoms with Crippen molar-refractivity contribution in [2.75, 3.05) is 0 Å². The molecule has 0 amide bonds. The average molecular weight is 401 g/mol. The smallest absolute Gasteiger partial charge is 0.123 e. The van der Waals surface area contributed by atoms with Crippen molar-refractivity contribution in [2.45, 2.75) is 13.8 Å². The SMILES string of the molecule is Cc1ccc(-c2nnn3c(-c4ccc(C)cc4)cc4nc5ccccc5nc4c23)cc1. The second-order valence-corrected chi connectivity index (χ2v) is 7.91. The van der Waals surface area contributed by atoms with E-state index >= 15 is 0 Å². The van der Waals surface area contributed by atoms with E-state index in [1.807, 2.05) is 28.8 Å². The predicted octanol–water partition coefficient (Wildman–Crippen LogP) is 5.78. The summed E-state index contributed by atoms with van der Waals surface area (Å²) in [6.07, 6.45) is 0. The second kappa shape index (κ2) is 6.71. The van der Waals surface area contributed by atoms with Crippen LogP contribution in [0.1, 0.15) is 11.1 Å². The Bertz CT molecular complexity index is 1580. The first-order valence-electron chi connectivity index (χ1n) is 10.3. The van der Waals surface area contributed by atoms with E-state index in [2.05, 4.69) is 78.8 Å². The van der Waals surface area contributed by atoms with Gasteiger partial charge in [0, 0.05) is 11.1 Å². The standard InChI is InChI=1S/C26H19N5/c1-16-7-11-18(12-8-16)23-15-22-25(28-21-6-4-3-5-20(21)27-22)26-24(29-30-31(23)26)19-13-9-17(2)10-14-19/h3-15H,1-2H3. The molecule has 5 heteroatoms. The van der Waals surface area contributed by atoms with Gasteiger partial charge in [0.1, 0.15) is 16.7 Å². The molecule has 0 fully saturated rings. The normalized spacial score (nSPS) is 11.5. The van der Waals surface area contributed by atoms with Crippen LogP contribution in [0.15, 0.2) is 78.9 Å². The number of aryl methyl sites for hydroxylation is 2. The van der Waals surface area contributed by atoms with Crippen molar-refractivity contribution in [3.63, 3.8) is 0 Å². The maximum Gasteiger partial charge on any atom is 0.123 e. The van der Waals surface area contributed by atoms with E-state index in [-0.39, 0.29) is 0 Å². The first-order chi connectivity index (χ1) is 15.2. The van der Waals surface area contributed by atoms with Crippen molar-refractivity contribution in [3.05, 3.63) is 90.0 Å². The van der Waals surface area contributed by atoms with Gasteiger partial charge in [-0.3, -0.25) is 0 Å². The van der Waals surface area contributed by atoms with Gasteiger partial charge < -0.3 is 0 Å². The molecule has 6 aromatic rings. The minimum atomic E-state index is 0.801. The first-order valence-corrected chi connectivity index (χ1v) is 10.3. The van der Waals surface area contributed by atoms with Crippen LogP contribution in [0.5, 0.6) is 0 Å². The summed E-state index contributed by atoms with van der Waals surface area (Å²) >= 11 is 0. The Kier molecular flexibility index (Phi) is 3.83. The molecule has 0 saturated carbocycles. The molecule has 0 atom stereocenters. The highest BCUT2D eigenvalue weighted by molar-refractivity contribution is 6.02. The van der Waals surface area contributed by atoms with E-state index < -0.39 is 0 Å². The number of aromatic nitrogens is 5. The molecule has 6 rings (SSSR count).